The van der Waals surface area contributed by atoms with E-state index in [1.807, 2.05) is 36.4 Å². The van der Waals surface area contributed by atoms with Gasteiger partial charge in [-0.3, -0.25) is 20.4 Å². The molecule has 156 valence electrons. The van der Waals surface area contributed by atoms with Gasteiger partial charge in [0.2, 0.25) is 5.11 Å². The molecule has 0 spiro atoms. The van der Waals surface area contributed by atoms with Crippen LogP contribution in [0, 0.1) is 0 Å². The topological polar surface area (TPSA) is 64.7 Å². The fourth-order valence-electron chi connectivity index (χ4n) is 3.14. The van der Waals surface area contributed by atoms with Crippen molar-refractivity contribution in [3.63, 3.8) is 0 Å². The second-order valence-corrected chi connectivity index (χ2v) is 9.81. The SMILES string of the molecule is O=C1CSC(c2ccccc2Cl)N1NC(=S)NN1C(=O)CSC1c1ccccc1Cl. The molecule has 2 aliphatic rings. The monoisotopic (exact) mass is 498 g/mol. The van der Waals surface area contributed by atoms with Crippen LogP contribution in [-0.2, 0) is 9.59 Å². The summed E-state index contributed by atoms with van der Waals surface area (Å²) < 4.78 is 0. The molecule has 6 nitrogen and oxygen atoms in total. The highest BCUT2D eigenvalue weighted by molar-refractivity contribution is 8.00. The van der Waals surface area contributed by atoms with Gasteiger partial charge in [-0.2, -0.15) is 0 Å². The highest BCUT2D eigenvalue weighted by atomic mass is 35.5. The van der Waals surface area contributed by atoms with E-state index in [4.69, 9.17) is 35.4 Å². The molecule has 2 atom stereocenters. The average molecular weight is 499 g/mol. The van der Waals surface area contributed by atoms with Gasteiger partial charge >= 0.3 is 0 Å². The number of nitrogens with zero attached hydrogens (tertiary/aromatic N) is 2. The number of hydrogen-bond donors (Lipinski definition) is 2. The zero-order chi connectivity index (χ0) is 21.3. The van der Waals surface area contributed by atoms with Crippen molar-refractivity contribution in [1.82, 2.24) is 20.9 Å². The Hall–Kier alpha value is -1.65. The molecule has 2 heterocycles. The Morgan fingerprint density at radius 1 is 0.833 bits per heavy atom. The minimum atomic E-state index is -0.325. The minimum absolute atomic E-state index is 0.126. The predicted molar refractivity (Wildman–Crippen MR) is 126 cm³/mol. The summed E-state index contributed by atoms with van der Waals surface area (Å²) in [7, 11) is 0. The molecule has 2 unspecified atom stereocenters. The van der Waals surface area contributed by atoms with E-state index in [0.29, 0.717) is 21.6 Å². The number of carbonyl (C=O) groups is 2. The number of thiocarbonyl (C=S) groups is 1. The van der Waals surface area contributed by atoms with E-state index in [1.165, 1.54) is 33.5 Å². The molecule has 2 saturated heterocycles. The average Bonchev–Trinajstić information content (AvgIpc) is 3.26. The molecule has 30 heavy (non-hydrogen) atoms. The third-order valence-corrected chi connectivity index (χ3v) is 7.78. The maximum absolute atomic E-state index is 12.4. The van der Waals surface area contributed by atoms with E-state index < -0.39 is 0 Å². The van der Waals surface area contributed by atoms with Crippen LogP contribution in [0.3, 0.4) is 0 Å². The Morgan fingerprint density at radius 3 is 1.63 bits per heavy atom. The van der Waals surface area contributed by atoms with Crippen LogP contribution in [0.5, 0.6) is 0 Å². The number of thioether (sulfide) groups is 2. The molecular formula is C19H16Cl2N4O2S3. The molecule has 2 amide bonds. The molecule has 0 radical (unpaired) electrons. The number of rotatable bonds is 4. The zero-order valence-corrected chi connectivity index (χ0v) is 19.3. The predicted octanol–water partition coefficient (Wildman–Crippen LogP) is 4.14. The second kappa shape index (κ2) is 9.23. The van der Waals surface area contributed by atoms with Crippen LogP contribution in [-0.4, -0.2) is 38.5 Å². The Morgan fingerprint density at radius 2 is 1.23 bits per heavy atom. The first-order chi connectivity index (χ1) is 14.5. The van der Waals surface area contributed by atoms with E-state index in [2.05, 4.69) is 10.9 Å². The van der Waals surface area contributed by atoms with Gasteiger partial charge in [-0.1, -0.05) is 59.6 Å². The molecule has 4 rings (SSSR count). The van der Waals surface area contributed by atoms with Gasteiger partial charge in [0.1, 0.15) is 10.7 Å². The Kier molecular flexibility index (Phi) is 6.64. The molecular weight excluding hydrogens is 483 g/mol. The molecule has 0 saturated carbocycles. The van der Waals surface area contributed by atoms with Gasteiger partial charge in [0.15, 0.2) is 0 Å². The molecule has 2 aromatic carbocycles. The summed E-state index contributed by atoms with van der Waals surface area (Å²) in [5.41, 5.74) is 7.48. The highest BCUT2D eigenvalue weighted by Gasteiger charge is 2.37. The maximum atomic E-state index is 12.4. The fraction of sp³-hybridized carbons (Fsp3) is 0.211. The summed E-state index contributed by atoms with van der Waals surface area (Å²) >= 11 is 20.9. The number of nitrogens with one attached hydrogen (secondary N) is 2. The molecule has 2 fully saturated rings. The third kappa shape index (κ3) is 4.36. The summed E-state index contributed by atoms with van der Waals surface area (Å²) in [5.74, 6) is 0.344. The van der Waals surface area contributed by atoms with Crippen LogP contribution >= 0.6 is 58.9 Å². The fourth-order valence-corrected chi connectivity index (χ4v) is 6.24. The lowest BCUT2D eigenvalue weighted by Gasteiger charge is -2.30. The number of hydrazine groups is 2. The Bertz CT molecular complexity index is 932. The summed E-state index contributed by atoms with van der Waals surface area (Å²) in [4.78, 5) is 24.9. The molecule has 0 bridgehead atoms. The van der Waals surface area contributed by atoms with E-state index in [-0.39, 0.29) is 27.7 Å². The van der Waals surface area contributed by atoms with Crippen molar-refractivity contribution in [2.45, 2.75) is 10.7 Å². The van der Waals surface area contributed by atoms with Crippen molar-refractivity contribution in [2.75, 3.05) is 11.5 Å². The number of hydrogen-bond acceptors (Lipinski definition) is 5. The lowest BCUT2D eigenvalue weighted by molar-refractivity contribution is -0.130. The van der Waals surface area contributed by atoms with Crippen LogP contribution in [0.25, 0.3) is 0 Å². The van der Waals surface area contributed by atoms with Crippen molar-refractivity contribution in [3.8, 4) is 0 Å². The van der Waals surface area contributed by atoms with Crippen LogP contribution < -0.4 is 10.9 Å². The first-order valence-corrected chi connectivity index (χ1v) is 12.2. The summed E-state index contributed by atoms with van der Waals surface area (Å²) in [6.07, 6.45) is 0. The molecule has 0 aromatic heterocycles. The van der Waals surface area contributed by atoms with E-state index in [9.17, 15) is 9.59 Å². The summed E-state index contributed by atoms with van der Waals surface area (Å²) in [6.45, 7) is 0. The number of benzene rings is 2. The number of halogens is 2. The highest BCUT2D eigenvalue weighted by Crippen LogP contribution is 2.41. The van der Waals surface area contributed by atoms with Gasteiger partial charge in [0.05, 0.1) is 11.5 Å². The van der Waals surface area contributed by atoms with Crippen LogP contribution in [0.1, 0.15) is 21.9 Å². The second-order valence-electron chi connectivity index (χ2n) is 6.45. The lowest BCUT2D eigenvalue weighted by atomic mass is 10.2. The lowest BCUT2D eigenvalue weighted by Crippen LogP contribution is -2.54. The van der Waals surface area contributed by atoms with Gasteiger partial charge in [0, 0.05) is 21.2 Å². The van der Waals surface area contributed by atoms with Crippen molar-refractivity contribution >= 4 is 75.9 Å². The van der Waals surface area contributed by atoms with Gasteiger partial charge in [0.25, 0.3) is 11.8 Å². The van der Waals surface area contributed by atoms with Crippen molar-refractivity contribution in [1.29, 1.82) is 0 Å². The van der Waals surface area contributed by atoms with E-state index in [1.54, 1.807) is 12.1 Å². The number of carbonyl (C=O) groups excluding carboxylic acids is 2. The number of amides is 2. The first kappa shape index (κ1) is 21.6. The van der Waals surface area contributed by atoms with Gasteiger partial charge in [-0.15, -0.1) is 23.5 Å². The first-order valence-electron chi connectivity index (χ1n) is 8.89. The quantitative estimate of drug-likeness (QED) is 0.614. The van der Waals surface area contributed by atoms with Gasteiger partial charge < -0.3 is 0 Å². The van der Waals surface area contributed by atoms with Crippen molar-refractivity contribution in [3.05, 3.63) is 69.7 Å². The maximum Gasteiger partial charge on any atom is 0.252 e. The van der Waals surface area contributed by atoms with E-state index >= 15 is 0 Å². The van der Waals surface area contributed by atoms with Crippen molar-refractivity contribution < 1.29 is 9.59 Å². The van der Waals surface area contributed by atoms with Crippen LogP contribution in [0.2, 0.25) is 10.0 Å². The smallest absolute Gasteiger partial charge is 0.252 e. The minimum Gasteiger partial charge on any atom is -0.272 e. The summed E-state index contributed by atoms with van der Waals surface area (Å²) in [5, 5.41) is 3.51. The molecule has 11 heteroatoms. The third-order valence-electron chi connectivity index (χ3n) is 4.52. The Labute approximate surface area is 197 Å². The molecule has 2 N–H and O–H groups in total. The standard InChI is InChI=1S/C19H16Cl2N4O2S3/c20-13-7-3-1-5-11(13)17-24(15(26)9-29-17)22-19(28)23-25-16(27)10-30-18(25)12-6-2-4-8-14(12)21/h1-8,17-18H,9-10H2,(H2,22,23,28). The summed E-state index contributed by atoms with van der Waals surface area (Å²) in [6, 6.07) is 14.7. The molecule has 2 aromatic rings. The normalized spacial score (nSPS) is 21.3. The largest absolute Gasteiger partial charge is 0.272 e. The zero-order valence-electron chi connectivity index (χ0n) is 15.4. The van der Waals surface area contributed by atoms with Crippen molar-refractivity contribution in [2.24, 2.45) is 0 Å². The van der Waals surface area contributed by atoms with Gasteiger partial charge in [-0.25, -0.2) is 10.0 Å². The van der Waals surface area contributed by atoms with Crippen LogP contribution in [0.4, 0.5) is 0 Å². The molecule has 0 aliphatic carbocycles. The van der Waals surface area contributed by atoms with Gasteiger partial charge in [-0.05, 0) is 24.4 Å². The van der Waals surface area contributed by atoms with Crippen LogP contribution in [0.15, 0.2) is 48.5 Å². The Balaban J connectivity index is 1.49. The molecule has 2 aliphatic heterocycles. The van der Waals surface area contributed by atoms with E-state index in [0.717, 1.165) is 11.1 Å².